The van der Waals surface area contributed by atoms with Crippen LogP contribution in [0.2, 0.25) is 5.02 Å². The third kappa shape index (κ3) is 4.49. The molecule has 1 aliphatic heterocycles. The van der Waals surface area contributed by atoms with Crippen LogP contribution in [0, 0.1) is 0 Å². The van der Waals surface area contributed by atoms with Crippen LogP contribution in [0.1, 0.15) is 31.3 Å². The van der Waals surface area contributed by atoms with Gasteiger partial charge in [-0.05, 0) is 37.6 Å². The second-order valence-electron chi connectivity index (χ2n) is 8.35. The van der Waals surface area contributed by atoms with Crippen molar-refractivity contribution in [2.45, 2.75) is 32.5 Å². The van der Waals surface area contributed by atoms with Crippen LogP contribution in [0.15, 0.2) is 53.3 Å². The Bertz CT molecular complexity index is 1180. The fraction of sp³-hybridized carbons (Fsp3) is 0.375. The van der Waals surface area contributed by atoms with E-state index in [4.69, 9.17) is 16.6 Å². The predicted octanol–water partition coefficient (Wildman–Crippen LogP) is 3.56. The van der Waals surface area contributed by atoms with Gasteiger partial charge in [-0.1, -0.05) is 41.9 Å². The maximum absolute atomic E-state index is 12.9. The highest BCUT2D eigenvalue weighted by molar-refractivity contribution is 6.31. The fourth-order valence-electron chi connectivity index (χ4n) is 4.31. The molecule has 2 heterocycles. The maximum Gasteiger partial charge on any atom is 0.317 e. The van der Waals surface area contributed by atoms with Gasteiger partial charge < -0.3 is 10.2 Å². The Balaban J connectivity index is 1.45. The molecule has 1 saturated heterocycles. The average molecular weight is 454 g/mol. The highest BCUT2D eigenvalue weighted by Crippen LogP contribution is 2.24. The smallest absolute Gasteiger partial charge is 0.317 e. The van der Waals surface area contributed by atoms with Crippen LogP contribution in [0.4, 0.5) is 4.79 Å². The van der Waals surface area contributed by atoms with Crippen LogP contribution in [0.25, 0.3) is 10.9 Å². The van der Waals surface area contributed by atoms with Crippen molar-refractivity contribution in [1.82, 2.24) is 24.7 Å². The lowest BCUT2D eigenvalue weighted by molar-refractivity contribution is 0.0748. The monoisotopic (exact) mass is 453 g/mol. The molecule has 0 aliphatic carbocycles. The molecule has 8 heteroatoms. The minimum absolute atomic E-state index is 0.0401. The van der Waals surface area contributed by atoms with Crippen molar-refractivity contribution in [2.75, 3.05) is 19.6 Å². The Morgan fingerprint density at radius 3 is 2.69 bits per heavy atom. The third-order valence-corrected chi connectivity index (χ3v) is 6.44. The van der Waals surface area contributed by atoms with Gasteiger partial charge in [0.2, 0.25) is 0 Å². The molecule has 32 heavy (non-hydrogen) atoms. The Hall–Kier alpha value is -2.90. The van der Waals surface area contributed by atoms with E-state index in [9.17, 15) is 9.59 Å². The molecule has 2 aromatic carbocycles. The number of aromatic nitrogens is 2. The minimum atomic E-state index is -0.105. The first-order valence-corrected chi connectivity index (χ1v) is 11.2. The normalized spacial score (nSPS) is 18.0. The zero-order chi connectivity index (χ0) is 22.8. The lowest BCUT2D eigenvalue weighted by atomic mass is 10.1. The highest BCUT2D eigenvalue weighted by atomic mass is 35.5. The number of piperazine rings is 1. The lowest BCUT2D eigenvalue weighted by Gasteiger charge is -2.42. The van der Waals surface area contributed by atoms with Crippen LogP contribution in [-0.2, 0) is 13.6 Å². The summed E-state index contributed by atoms with van der Waals surface area (Å²) in [5, 5.41) is 4.05. The number of hydrogen-bond donors (Lipinski definition) is 1. The van der Waals surface area contributed by atoms with Crippen LogP contribution in [0.5, 0.6) is 0 Å². The van der Waals surface area contributed by atoms with Gasteiger partial charge in [0.25, 0.3) is 5.56 Å². The molecule has 168 valence electrons. The van der Waals surface area contributed by atoms with Gasteiger partial charge in [0.05, 0.1) is 16.9 Å². The van der Waals surface area contributed by atoms with Crippen molar-refractivity contribution in [3.05, 3.63) is 75.3 Å². The minimum Gasteiger partial charge on any atom is -0.334 e. The Kier molecular flexibility index (Phi) is 6.48. The molecule has 2 atom stereocenters. The molecular weight excluding hydrogens is 426 g/mol. The number of rotatable bonds is 4. The number of nitrogens with one attached hydrogen (secondary N) is 1. The summed E-state index contributed by atoms with van der Waals surface area (Å²) < 4.78 is 1.60. The van der Waals surface area contributed by atoms with Crippen molar-refractivity contribution in [2.24, 2.45) is 7.05 Å². The summed E-state index contributed by atoms with van der Waals surface area (Å²) in [5.74, 6) is 0.707. The number of carbonyl (C=O) groups is 1. The summed E-state index contributed by atoms with van der Waals surface area (Å²) in [6.07, 6.45) is 0. The van der Waals surface area contributed by atoms with Gasteiger partial charge in [-0.15, -0.1) is 0 Å². The summed E-state index contributed by atoms with van der Waals surface area (Å²) in [5.41, 5.74) is 1.61. The molecule has 7 nitrogen and oxygen atoms in total. The average Bonchev–Trinajstić information content (AvgIpc) is 2.80. The number of carbonyl (C=O) groups excluding carboxylic acids is 1. The molecule has 0 saturated carbocycles. The number of nitrogens with zero attached hydrogens (tertiary/aromatic N) is 4. The second kappa shape index (κ2) is 9.30. The second-order valence-corrected chi connectivity index (χ2v) is 8.79. The summed E-state index contributed by atoms with van der Waals surface area (Å²) in [6, 6.07) is 15.0. The summed E-state index contributed by atoms with van der Waals surface area (Å²) in [7, 11) is 1.75. The van der Waals surface area contributed by atoms with E-state index >= 15 is 0 Å². The van der Waals surface area contributed by atoms with Gasteiger partial charge in [-0.25, -0.2) is 9.78 Å². The molecule has 1 N–H and O–H groups in total. The molecule has 0 radical (unpaired) electrons. The van der Waals surface area contributed by atoms with Crippen molar-refractivity contribution in [3.63, 3.8) is 0 Å². The van der Waals surface area contributed by atoms with E-state index in [1.165, 1.54) is 0 Å². The molecule has 2 unspecified atom stereocenters. The number of fused-ring (bicyclic) bond motifs is 1. The van der Waals surface area contributed by atoms with Crippen LogP contribution in [-0.4, -0.2) is 51.1 Å². The van der Waals surface area contributed by atoms with Gasteiger partial charge in [0.1, 0.15) is 5.82 Å². The highest BCUT2D eigenvalue weighted by Gasteiger charge is 2.31. The van der Waals surface area contributed by atoms with E-state index in [-0.39, 0.29) is 23.7 Å². The first-order valence-electron chi connectivity index (χ1n) is 10.8. The summed E-state index contributed by atoms with van der Waals surface area (Å²) in [4.78, 5) is 34.5. The molecule has 0 bridgehead atoms. The van der Waals surface area contributed by atoms with E-state index in [1.807, 2.05) is 35.2 Å². The molecule has 3 aromatic rings. The van der Waals surface area contributed by atoms with Crippen molar-refractivity contribution < 1.29 is 4.79 Å². The summed E-state index contributed by atoms with van der Waals surface area (Å²) >= 11 is 6.06. The molecule has 1 aliphatic rings. The SMILES string of the molecule is CC(c1nc2ccc(Cl)cc2c(=O)n1C)N1CCN(C(=O)NCc2ccccc2)C(C)C1. The van der Waals surface area contributed by atoms with Crippen molar-refractivity contribution in [1.29, 1.82) is 0 Å². The maximum atomic E-state index is 12.9. The van der Waals surface area contributed by atoms with E-state index in [2.05, 4.69) is 24.1 Å². The van der Waals surface area contributed by atoms with E-state index in [0.29, 0.717) is 47.9 Å². The van der Waals surface area contributed by atoms with Gasteiger partial charge in [0, 0.05) is 44.3 Å². The molecule has 1 fully saturated rings. The number of benzene rings is 2. The van der Waals surface area contributed by atoms with Gasteiger partial charge >= 0.3 is 6.03 Å². The zero-order valence-corrected chi connectivity index (χ0v) is 19.3. The molecular formula is C24H28ClN5O2. The number of amides is 2. The molecule has 0 spiro atoms. The Morgan fingerprint density at radius 1 is 1.22 bits per heavy atom. The van der Waals surface area contributed by atoms with Crippen LogP contribution < -0.4 is 10.9 Å². The van der Waals surface area contributed by atoms with E-state index in [1.54, 1.807) is 29.8 Å². The van der Waals surface area contributed by atoms with Crippen molar-refractivity contribution >= 4 is 28.5 Å². The van der Waals surface area contributed by atoms with Gasteiger partial charge in [-0.3, -0.25) is 14.3 Å². The first-order chi connectivity index (χ1) is 15.3. The number of halogens is 1. The van der Waals surface area contributed by atoms with Crippen LogP contribution in [0.3, 0.4) is 0 Å². The van der Waals surface area contributed by atoms with Crippen molar-refractivity contribution in [3.8, 4) is 0 Å². The van der Waals surface area contributed by atoms with Crippen LogP contribution >= 0.6 is 11.6 Å². The summed E-state index contributed by atoms with van der Waals surface area (Å²) in [6.45, 7) is 6.64. The third-order valence-electron chi connectivity index (χ3n) is 6.20. The quantitative estimate of drug-likeness (QED) is 0.655. The molecule has 2 amide bonds. The number of urea groups is 1. The number of hydrogen-bond acceptors (Lipinski definition) is 4. The lowest BCUT2D eigenvalue weighted by Crippen LogP contribution is -2.57. The van der Waals surface area contributed by atoms with Gasteiger partial charge in [0.15, 0.2) is 0 Å². The Morgan fingerprint density at radius 2 is 1.97 bits per heavy atom. The van der Waals surface area contributed by atoms with E-state index < -0.39 is 0 Å². The largest absolute Gasteiger partial charge is 0.334 e. The topological polar surface area (TPSA) is 70.5 Å². The fourth-order valence-corrected chi connectivity index (χ4v) is 4.48. The standard InChI is InChI=1S/C24H28ClN5O2/c1-16-15-29(11-12-30(16)24(32)26-14-18-7-5-4-6-8-18)17(2)22-27-21-10-9-19(25)13-20(21)23(31)28(22)3/h4-10,13,16-17H,11-12,14-15H2,1-3H3,(H,26,32). The first kappa shape index (κ1) is 22.3. The van der Waals surface area contributed by atoms with E-state index in [0.717, 1.165) is 5.56 Å². The predicted molar refractivity (Wildman–Crippen MR) is 127 cm³/mol. The Labute approximate surface area is 192 Å². The zero-order valence-electron chi connectivity index (χ0n) is 18.6. The molecule has 4 rings (SSSR count). The van der Waals surface area contributed by atoms with Gasteiger partial charge in [-0.2, -0.15) is 0 Å². The molecule has 1 aromatic heterocycles.